The molecule has 31 heavy (non-hydrogen) atoms. The number of nitrogens with one attached hydrogen (secondary N) is 3. The van der Waals surface area contributed by atoms with Gasteiger partial charge in [-0.05, 0) is 17.7 Å². The van der Waals surface area contributed by atoms with Gasteiger partial charge in [0.2, 0.25) is 0 Å². The number of hydrogen-bond donors (Lipinski definition) is 3. The fourth-order valence-corrected chi connectivity index (χ4v) is 2.95. The van der Waals surface area contributed by atoms with Crippen molar-refractivity contribution in [1.29, 1.82) is 0 Å². The van der Waals surface area contributed by atoms with Gasteiger partial charge in [0.25, 0.3) is 17.7 Å². The van der Waals surface area contributed by atoms with E-state index in [1.54, 1.807) is 18.2 Å². The highest BCUT2D eigenvalue weighted by Crippen LogP contribution is 2.28. The number of carbonyl (C=O) groups is 3. The number of anilines is 1. The van der Waals surface area contributed by atoms with Crippen LogP contribution in [0.4, 0.5) is 10.1 Å². The highest BCUT2D eigenvalue weighted by molar-refractivity contribution is 5.98. The van der Waals surface area contributed by atoms with E-state index < -0.39 is 17.6 Å². The van der Waals surface area contributed by atoms with E-state index in [1.165, 1.54) is 6.07 Å². The van der Waals surface area contributed by atoms with E-state index in [2.05, 4.69) is 32.0 Å². The lowest BCUT2D eigenvalue weighted by molar-refractivity contribution is -0.118. The molecule has 4 rings (SSSR count). The molecule has 0 unspecified atom stereocenters. The van der Waals surface area contributed by atoms with Crippen LogP contribution < -0.4 is 20.7 Å². The van der Waals surface area contributed by atoms with Gasteiger partial charge in [0.1, 0.15) is 17.1 Å². The Hall–Kier alpha value is -4.46. The molecule has 0 saturated heterocycles. The zero-order valence-electron chi connectivity index (χ0n) is 15.9. The molecule has 10 nitrogen and oxygen atoms in total. The number of carbonyl (C=O) groups excluding carboxylic acids is 3. The first kappa shape index (κ1) is 19.8. The zero-order chi connectivity index (χ0) is 22.0. The summed E-state index contributed by atoms with van der Waals surface area (Å²) in [6, 6.07) is 6.26. The lowest BCUT2D eigenvalue weighted by Crippen LogP contribution is -2.29. The zero-order valence-corrected chi connectivity index (χ0v) is 15.9. The van der Waals surface area contributed by atoms with Crippen LogP contribution in [0.3, 0.4) is 0 Å². The SMILES string of the molecule is C#CCNC(=O)c1cc(C(=O)NCc2ccc3c(c2)NC(=O)CO3)nc2c(F)cnn12. The Balaban J connectivity index is 1.56. The maximum absolute atomic E-state index is 14.0. The number of amides is 3. The van der Waals surface area contributed by atoms with Crippen molar-refractivity contribution in [3.05, 3.63) is 53.2 Å². The van der Waals surface area contributed by atoms with E-state index in [-0.39, 0.29) is 42.6 Å². The van der Waals surface area contributed by atoms with Crippen molar-refractivity contribution in [2.75, 3.05) is 18.5 Å². The van der Waals surface area contributed by atoms with Gasteiger partial charge in [-0.1, -0.05) is 12.0 Å². The van der Waals surface area contributed by atoms with Gasteiger partial charge in [0.05, 0.1) is 18.4 Å². The van der Waals surface area contributed by atoms with Crippen LogP contribution in [0.2, 0.25) is 0 Å². The molecule has 1 aliphatic rings. The van der Waals surface area contributed by atoms with E-state index in [4.69, 9.17) is 11.2 Å². The molecule has 3 aromatic rings. The molecule has 3 N–H and O–H groups in total. The number of hydrogen-bond acceptors (Lipinski definition) is 6. The largest absolute Gasteiger partial charge is 0.482 e. The molecule has 0 saturated carbocycles. The van der Waals surface area contributed by atoms with Crippen molar-refractivity contribution in [3.8, 4) is 18.1 Å². The van der Waals surface area contributed by atoms with Gasteiger partial charge in [-0.15, -0.1) is 6.42 Å². The van der Waals surface area contributed by atoms with Crippen molar-refractivity contribution < 1.29 is 23.5 Å². The molecule has 0 aliphatic carbocycles. The number of benzene rings is 1. The van der Waals surface area contributed by atoms with Gasteiger partial charge in [-0.25, -0.2) is 13.9 Å². The Morgan fingerprint density at radius 3 is 2.94 bits per heavy atom. The third-order valence-corrected chi connectivity index (χ3v) is 4.37. The number of halogens is 1. The van der Waals surface area contributed by atoms with Crippen molar-refractivity contribution in [3.63, 3.8) is 0 Å². The molecule has 0 atom stereocenters. The third kappa shape index (κ3) is 3.99. The lowest BCUT2D eigenvalue weighted by atomic mass is 10.1. The summed E-state index contributed by atoms with van der Waals surface area (Å²) in [5.74, 6) is 0.461. The molecule has 1 aliphatic heterocycles. The topological polar surface area (TPSA) is 127 Å². The Morgan fingerprint density at radius 2 is 2.13 bits per heavy atom. The van der Waals surface area contributed by atoms with Crippen LogP contribution in [0.25, 0.3) is 5.65 Å². The normalized spacial score (nSPS) is 12.3. The van der Waals surface area contributed by atoms with Crippen LogP contribution >= 0.6 is 0 Å². The summed E-state index contributed by atoms with van der Waals surface area (Å²) < 4.78 is 20.3. The molecule has 0 fully saturated rings. The summed E-state index contributed by atoms with van der Waals surface area (Å²) in [4.78, 5) is 40.4. The Labute approximate surface area is 174 Å². The summed E-state index contributed by atoms with van der Waals surface area (Å²) in [5.41, 5.74) is 0.639. The molecular formula is C20H15FN6O4. The summed E-state index contributed by atoms with van der Waals surface area (Å²) in [7, 11) is 0. The van der Waals surface area contributed by atoms with Crippen LogP contribution in [0.1, 0.15) is 26.5 Å². The molecule has 0 bridgehead atoms. The second-order valence-electron chi connectivity index (χ2n) is 6.49. The minimum absolute atomic E-state index is 0.0491. The highest BCUT2D eigenvalue weighted by Gasteiger charge is 2.20. The molecule has 2 aromatic heterocycles. The average molecular weight is 422 g/mol. The number of terminal acetylenes is 1. The number of ether oxygens (including phenoxy) is 1. The molecule has 0 radical (unpaired) electrons. The maximum Gasteiger partial charge on any atom is 0.270 e. The number of aromatic nitrogens is 3. The van der Waals surface area contributed by atoms with Gasteiger partial charge in [0, 0.05) is 12.6 Å². The monoisotopic (exact) mass is 422 g/mol. The van der Waals surface area contributed by atoms with Crippen molar-refractivity contribution in [1.82, 2.24) is 25.2 Å². The van der Waals surface area contributed by atoms with E-state index in [0.717, 1.165) is 10.7 Å². The first-order chi connectivity index (χ1) is 15.0. The van der Waals surface area contributed by atoms with Crippen LogP contribution in [0, 0.1) is 18.2 Å². The minimum atomic E-state index is -0.786. The lowest BCUT2D eigenvalue weighted by Gasteiger charge is -2.18. The standard InChI is InChI=1S/C20H15FN6O4/c1-2-5-22-20(30)15-7-14(26-18-12(21)9-24-27(15)18)19(29)23-8-11-3-4-16-13(6-11)25-17(28)10-31-16/h1,3-4,6-7,9H,5,8,10H2,(H,22,30)(H,23,29)(H,25,28). The minimum Gasteiger partial charge on any atom is -0.482 e. The fraction of sp³-hybridized carbons (Fsp3) is 0.150. The molecular weight excluding hydrogens is 407 g/mol. The molecule has 156 valence electrons. The van der Waals surface area contributed by atoms with E-state index in [0.29, 0.717) is 17.0 Å². The second kappa shape index (κ2) is 8.11. The van der Waals surface area contributed by atoms with Gasteiger partial charge < -0.3 is 20.7 Å². The van der Waals surface area contributed by atoms with Crippen LogP contribution in [-0.2, 0) is 11.3 Å². The van der Waals surface area contributed by atoms with Crippen LogP contribution in [0.15, 0.2) is 30.5 Å². The molecule has 1 aromatic carbocycles. The quantitative estimate of drug-likeness (QED) is 0.514. The predicted molar refractivity (Wildman–Crippen MR) is 106 cm³/mol. The Bertz CT molecular complexity index is 1260. The number of fused-ring (bicyclic) bond motifs is 2. The van der Waals surface area contributed by atoms with Gasteiger partial charge in [0.15, 0.2) is 18.1 Å². The van der Waals surface area contributed by atoms with E-state index in [9.17, 15) is 18.8 Å². The van der Waals surface area contributed by atoms with Crippen LogP contribution in [-0.4, -0.2) is 45.5 Å². The Kier molecular flexibility index (Phi) is 5.19. The third-order valence-electron chi connectivity index (χ3n) is 4.37. The van der Waals surface area contributed by atoms with Crippen molar-refractivity contribution >= 4 is 29.1 Å². The van der Waals surface area contributed by atoms with Gasteiger partial charge in [-0.2, -0.15) is 5.10 Å². The fourth-order valence-electron chi connectivity index (χ4n) is 2.95. The smallest absolute Gasteiger partial charge is 0.270 e. The van der Waals surface area contributed by atoms with Gasteiger partial charge in [-0.3, -0.25) is 14.4 Å². The predicted octanol–water partition coefficient (Wildman–Crippen LogP) is 0.492. The summed E-state index contributed by atoms with van der Waals surface area (Å²) >= 11 is 0. The molecule has 0 spiro atoms. The first-order valence-electron chi connectivity index (χ1n) is 9.06. The Morgan fingerprint density at radius 1 is 1.29 bits per heavy atom. The average Bonchev–Trinajstić information content (AvgIpc) is 3.15. The molecule has 11 heteroatoms. The number of rotatable bonds is 5. The van der Waals surface area contributed by atoms with Gasteiger partial charge >= 0.3 is 0 Å². The summed E-state index contributed by atoms with van der Waals surface area (Å²) in [6.07, 6.45) is 6.03. The first-order valence-corrected chi connectivity index (χ1v) is 9.06. The van der Waals surface area contributed by atoms with E-state index >= 15 is 0 Å². The van der Waals surface area contributed by atoms with E-state index in [1.807, 2.05) is 0 Å². The van der Waals surface area contributed by atoms with Crippen molar-refractivity contribution in [2.45, 2.75) is 6.54 Å². The maximum atomic E-state index is 14.0. The summed E-state index contributed by atoms with van der Waals surface area (Å²) in [6.45, 7) is -0.0125. The highest BCUT2D eigenvalue weighted by atomic mass is 19.1. The molecule has 3 heterocycles. The number of nitrogens with zero attached hydrogens (tertiary/aromatic N) is 3. The van der Waals surface area contributed by atoms with Crippen molar-refractivity contribution in [2.24, 2.45) is 0 Å². The summed E-state index contributed by atoms with van der Waals surface area (Å²) in [5, 5.41) is 11.5. The second-order valence-corrected chi connectivity index (χ2v) is 6.49. The van der Waals surface area contributed by atoms with Crippen LogP contribution in [0.5, 0.6) is 5.75 Å². The molecule has 3 amide bonds.